The molecule has 2 rings (SSSR count). The fourth-order valence-electron chi connectivity index (χ4n) is 1.92. The standard InChI is InChI=1S/C15H14F3N3O/c16-15(17,18)12-3-1-10(2-4-12)11-5-6-21-13(7-11)8-20-9-14(19)22/h1-7,20H,8-9H2,(H2,19,22). The second-order valence-corrected chi connectivity index (χ2v) is 4.68. The number of nitrogens with two attached hydrogens (primary N) is 1. The van der Waals surface area contributed by atoms with Crippen LogP contribution in [0.25, 0.3) is 11.1 Å². The van der Waals surface area contributed by atoms with Crippen molar-refractivity contribution in [2.24, 2.45) is 5.73 Å². The molecule has 0 spiro atoms. The van der Waals surface area contributed by atoms with Gasteiger partial charge in [-0.05, 0) is 35.4 Å². The van der Waals surface area contributed by atoms with E-state index in [4.69, 9.17) is 5.73 Å². The lowest BCUT2D eigenvalue weighted by molar-refractivity contribution is -0.137. The predicted octanol–water partition coefficient (Wildman–Crippen LogP) is 2.34. The number of pyridine rings is 1. The number of nitrogens with one attached hydrogen (secondary N) is 1. The quantitative estimate of drug-likeness (QED) is 0.891. The number of carbonyl (C=O) groups is 1. The zero-order valence-corrected chi connectivity index (χ0v) is 11.5. The molecule has 0 saturated heterocycles. The van der Waals surface area contributed by atoms with Gasteiger partial charge in [-0.15, -0.1) is 0 Å². The molecule has 0 saturated carbocycles. The van der Waals surface area contributed by atoms with Crippen LogP contribution in [0.15, 0.2) is 42.6 Å². The molecule has 116 valence electrons. The zero-order chi connectivity index (χ0) is 16.2. The van der Waals surface area contributed by atoms with Gasteiger partial charge in [-0.3, -0.25) is 9.78 Å². The summed E-state index contributed by atoms with van der Waals surface area (Å²) in [5, 5.41) is 2.82. The van der Waals surface area contributed by atoms with Crippen molar-refractivity contribution in [2.45, 2.75) is 12.7 Å². The fraction of sp³-hybridized carbons (Fsp3) is 0.200. The van der Waals surface area contributed by atoms with Gasteiger partial charge in [0, 0.05) is 12.7 Å². The lowest BCUT2D eigenvalue weighted by atomic mass is 10.0. The summed E-state index contributed by atoms with van der Waals surface area (Å²) in [6.07, 6.45) is -2.78. The Morgan fingerprint density at radius 3 is 2.41 bits per heavy atom. The van der Waals surface area contributed by atoms with Gasteiger partial charge in [-0.25, -0.2) is 0 Å². The Hall–Kier alpha value is -2.41. The molecular formula is C15H14F3N3O. The molecule has 0 aliphatic rings. The van der Waals surface area contributed by atoms with Crippen molar-refractivity contribution in [1.29, 1.82) is 0 Å². The summed E-state index contributed by atoms with van der Waals surface area (Å²) in [7, 11) is 0. The SMILES string of the molecule is NC(=O)CNCc1cc(-c2ccc(C(F)(F)F)cc2)ccn1. The predicted molar refractivity (Wildman–Crippen MR) is 75.6 cm³/mol. The Morgan fingerprint density at radius 1 is 1.14 bits per heavy atom. The largest absolute Gasteiger partial charge is 0.416 e. The molecule has 0 aliphatic heterocycles. The summed E-state index contributed by atoms with van der Waals surface area (Å²) in [6, 6.07) is 8.37. The van der Waals surface area contributed by atoms with Crippen molar-refractivity contribution < 1.29 is 18.0 Å². The summed E-state index contributed by atoms with van der Waals surface area (Å²) in [5.41, 5.74) is 6.40. The summed E-state index contributed by atoms with van der Waals surface area (Å²) in [4.78, 5) is 14.8. The first-order valence-corrected chi connectivity index (χ1v) is 6.48. The monoisotopic (exact) mass is 309 g/mol. The number of benzene rings is 1. The number of amides is 1. The summed E-state index contributed by atoms with van der Waals surface area (Å²) < 4.78 is 37.6. The topological polar surface area (TPSA) is 68.0 Å². The fourth-order valence-corrected chi connectivity index (χ4v) is 1.92. The molecule has 7 heteroatoms. The molecule has 0 fully saturated rings. The Morgan fingerprint density at radius 2 is 1.82 bits per heavy atom. The minimum atomic E-state index is -4.35. The van der Waals surface area contributed by atoms with Crippen LogP contribution in [0.1, 0.15) is 11.3 Å². The number of halogens is 3. The molecule has 1 heterocycles. The van der Waals surface area contributed by atoms with Crippen LogP contribution in [0.5, 0.6) is 0 Å². The van der Waals surface area contributed by atoms with Gasteiger partial charge in [0.25, 0.3) is 0 Å². The summed E-state index contributed by atoms with van der Waals surface area (Å²) in [6.45, 7) is 0.379. The van der Waals surface area contributed by atoms with Gasteiger partial charge >= 0.3 is 6.18 Å². The number of primary amides is 1. The molecule has 0 radical (unpaired) electrons. The maximum atomic E-state index is 12.5. The van der Waals surface area contributed by atoms with Gasteiger partial charge in [-0.1, -0.05) is 12.1 Å². The molecule has 0 bridgehead atoms. The van der Waals surface area contributed by atoms with Crippen LogP contribution in [0, 0.1) is 0 Å². The third kappa shape index (κ3) is 4.29. The number of hydrogen-bond acceptors (Lipinski definition) is 3. The van der Waals surface area contributed by atoms with Crippen molar-refractivity contribution in [2.75, 3.05) is 6.54 Å². The van der Waals surface area contributed by atoms with E-state index in [0.717, 1.165) is 17.7 Å². The highest BCUT2D eigenvalue weighted by Gasteiger charge is 2.29. The number of alkyl halides is 3. The number of nitrogens with zero attached hydrogens (tertiary/aromatic N) is 1. The van der Waals surface area contributed by atoms with Crippen molar-refractivity contribution in [3.8, 4) is 11.1 Å². The molecule has 3 N–H and O–H groups in total. The van der Waals surface area contributed by atoms with Crippen LogP contribution in [0.2, 0.25) is 0 Å². The highest BCUT2D eigenvalue weighted by molar-refractivity contribution is 5.75. The van der Waals surface area contributed by atoms with Crippen molar-refractivity contribution >= 4 is 5.91 Å². The number of hydrogen-bond donors (Lipinski definition) is 2. The van der Waals surface area contributed by atoms with E-state index in [1.807, 2.05) is 0 Å². The van der Waals surface area contributed by atoms with E-state index in [0.29, 0.717) is 17.8 Å². The highest BCUT2D eigenvalue weighted by Crippen LogP contribution is 2.30. The molecule has 0 unspecified atom stereocenters. The maximum Gasteiger partial charge on any atom is 0.416 e. The van der Waals surface area contributed by atoms with E-state index >= 15 is 0 Å². The van der Waals surface area contributed by atoms with E-state index in [1.165, 1.54) is 12.1 Å². The normalized spacial score (nSPS) is 11.4. The lowest BCUT2D eigenvalue weighted by Gasteiger charge is -2.09. The first kappa shape index (κ1) is 16.0. The van der Waals surface area contributed by atoms with E-state index in [-0.39, 0.29) is 6.54 Å². The third-order valence-electron chi connectivity index (χ3n) is 2.97. The molecule has 0 aliphatic carbocycles. The molecule has 1 aromatic carbocycles. The Labute approximate surface area is 125 Å². The van der Waals surface area contributed by atoms with E-state index in [9.17, 15) is 18.0 Å². The van der Waals surface area contributed by atoms with Gasteiger partial charge in [0.2, 0.25) is 5.91 Å². The van der Waals surface area contributed by atoms with Crippen molar-refractivity contribution in [3.63, 3.8) is 0 Å². The van der Waals surface area contributed by atoms with Gasteiger partial charge < -0.3 is 11.1 Å². The average molecular weight is 309 g/mol. The minimum absolute atomic E-state index is 0.0339. The Balaban J connectivity index is 2.13. The highest BCUT2D eigenvalue weighted by atomic mass is 19.4. The molecule has 1 amide bonds. The Kier molecular flexibility index (Phi) is 4.77. The maximum absolute atomic E-state index is 12.5. The first-order valence-electron chi connectivity index (χ1n) is 6.48. The molecular weight excluding hydrogens is 295 g/mol. The van der Waals surface area contributed by atoms with Crippen LogP contribution >= 0.6 is 0 Å². The molecule has 0 atom stereocenters. The van der Waals surface area contributed by atoms with Gasteiger partial charge in [0.1, 0.15) is 0 Å². The molecule has 4 nitrogen and oxygen atoms in total. The van der Waals surface area contributed by atoms with Crippen LogP contribution in [-0.4, -0.2) is 17.4 Å². The minimum Gasteiger partial charge on any atom is -0.369 e. The first-order chi connectivity index (χ1) is 10.4. The second kappa shape index (κ2) is 6.57. The van der Waals surface area contributed by atoms with Crippen LogP contribution in [-0.2, 0) is 17.5 Å². The van der Waals surface area contributed by atoms with Crippen molar-refractivity contribution in [1.82, 2.24) is 10.3 Å². The number of carbonyl (C=O) groups excluding carboxylic acids is 1. The molecule has 22 heavy (non-hydrogen) atoms. The van der Waals surface area contributed by atoms with E-state index in [2.05, 4.69) is 10.3 Å². The zero-order valence-electron chi connectivity index (χ0n) is 11.5. The average Bonchev–Trinajstić information content (AvgIpc) is 2.46. The number of aromatic nitrogens is 1. The van der Waals surface area contributed by atoms with Crippen molar-refractivity contribution in [3.05, 3.63) is 53.9 Å². The van der Waals surface area contributed by atoms with Gasteiger partial charge in [0.15, 0.2) is 0 Å². The third-order valence-corrected chi connectivity index (χ3v) is 2.97. The van der Waals surface area contributed by atoms with E-state index in [1.54, 1.807) is 18.3 Å². The van der Waals surface area contributed by atoms with Crippen LogP contribution < -0.4 is 11.1 Å². The smallest absolute Gasteiger partial charge is 0.369 e. The van der Waals surface area contributed by atoms with E-state index < -0.39 is 17.6 Å². The van der Waals surface area contributed by atoms with Crippen LogP contribution in [0.3, 0.4) is 0 Å². The number of rotatable bonds is 5. The Bertz CT molecular complexity index is 654. The molecule has 1 aromatic heterocycles. The van der Waals surface area contributed by atoms with Gasteiger partial charge in [0.05, 0.1) is 17.8 Å². The van der Waals surface area contributed by atoms with Gasteiger partial charge in [-0.2, -0.15) is 13.2 Å². The molecule has 2 aromatic rings. The summed E-state index contributed by atoms with van der Waals surface area (Å²) in [5.74, 6) is -0.473. The summed E-state index contributed by atoms with van der Waals surface area (Å²) >= 11 is 0. The second-order valence-electron chi connectivity index (χ2n) is 4.68. The van der Waals surface area contributed by atoms with Crippen LogP contribution in [0.4, 0.5) is 13.2 Å². The lowest BCUT2D eigenvalue weighted by Crippen LogP contribution is -2.28.